The van der Waals surface area contributed by atoms with Crippen molar-refractivity contribution < 1.29 is 28.6 Å². The molecule has 9 heteroatoms. The lowest BCUT2D eigenvalue weighted by molar-refractivity contribution is -0.135. The number of benzene rings is 2. The van der Waals surface area contributed by atoms with Crippen LogP contribution in [0.15, 0.2) is 53.9 Å². The number of anilines is 1. The molecule has 0 aliphatic carbocycles. The lowest BCUT2D eigenvalue weighted by Gasteiger charge is -2.28. The van der Waals surface area contributed by atoms with Crippen molar-refractivity contribution in [3.05, 3.63) is 75.5 Å². The molecule has 34 heavy (non-hydrogen) atoms. The molecule has 0 bridgehead atoms. The fraction of sp³-hybridized carbons (Fsp3) is 0.240. The highest BCUT2D eigenvalue weighted by atomic mass is 32.1. The predicted octanol–water partition coefficient (Wildman–Crippen LogP) is 3.76. The van der Waals surface area contributed by atoms with Crippen LogP contribution in [0.5, 0.6) is 11.5 Å². The number of hydrogen-bond donors (Lipinski definition) is 1. The maximum atomic E-state index is 12.9. The minimum absolute atomic E-state index is 0.0549. The van der Waals surface area contributed by atoms with Crippen LogP contribution in [-0.4, -0.2) is 50.1 Å². The highest BCUT2D eigenvalue weighted by Gasteiger charge is 2.24. The van der Waals surface area contributed by atoms with Crippen LogP contribution >= 0.6 is 11.3 Å². The van der Waals surface area contributed by atoms with Gasteiger partial charge in [0.05, 0.1) is 30.3 Å². The summed E-state index contributed by atoms with van der Waals surface area (Å²) in [4.78, 5) is 40.4. The number of carbonyl (C=O) groups excluding carboxylic acids is 3. The molecular weight excluding hydrogens is 456 g/mol. The van der Waals surface area contributed by atoms with E-state index in [1.54, 1.807) is 22.4 Å². The Morgan fingerprint density at radius 3 is 2.44 bits per heavy atom. The minimum Gasteiger partial charge on any atom is -0.493 e. The van der Waals surface area contributed by atoms with E-state index in [4.69, 9.17) is 14.2 Å². The van der Waals surface area contributed by atoms with E-state index in [0.29, 0.717) is 29.5 Å². The Balaban J connectivity index is 1.49. The van der Waals surface area contributed by atoms with Gasteiger partial charge in [0.2, 0.25) is 0 Å². The molecule has 4 rings (SSSR count). The summed E-state index contributed by atoms with van der Waals surface area (Å²) in [5.41, 5.74) is 2.56. The van der Waals surface area contributed by atoms with Crippen molar-refractivity contribution in [3.8, 4) is 11.5 Å². The van der Waals surface area contributed by atoms with Crippen molar-refractivity contribution in [2.24, 2.45) is 0 Å². The largest absolute Gasteiger partial charge is 0.493 e. The molecule has 0 fully saturated rings. The number of esters is 1. The minimum atomic E-state index is -0.756. The zero-order chi connectivity index (χ0) is 24.1. The molecule has 0 unspecified atom stereocenters. The summed E-state index contributed by atoms with van der Waals surface area (Å²) < 4.78 is 15.9. The monoisotopic (exact) mass is 480 g/mol. The molecular formula is C25H24N2O6S. The zero-order valence-electron chi connectivity index (χ0n) is 18.8. The Morgan fingerprint density at radius 1 is 1.00 bits per heavy atom. The zero-order valence-corrected chi connectivity index (χ0v) is 19.6. The Bertz CT molecular complexity index is 1210. The van der Waals surface area contributed by atoms with Gasteiger partial charge in [0.1, 0.15) is 0 Å². The number of nitrogens with one attached hydrogen (secondary N) is 1. The van der Waals surface area contributed by atoms with Crippen LogP contribution in [0.25, 0.3) is 0 Å². The Kier molecular flexibility index (Phi) is 7.12. The van der Waals surface area contributed by atoms with E-state index in [-0.39, 0.29) is 23.1 Å². The lowest BCUT2D eigenvalue weighted by Crippen LogP contribution is -2.38. The second-order valence-electron chi connectivity index (χ2n) is 7.59. The second kappa shape index (κ2) is 10.4. The lowest BCUT2D eigenvalue weighted by atomic mass is 10.00. The maximum Gasteiger partial charge on any atom is 0.340 e. The average molecular weight is 481 g/mol. The van der Waals surface area contributed by atoms with Gasteiger partial charge >= 0.3 is 5.97 Å². The first-order valence-corrected chi connectivity index (χ1v) is 11.5. The molecule has 1 aromatic heterocycles. The summed E-state index contributed by atoms with van der Waals surface area (Å²) in [5, 5.41) is 4.50. The van der Waals surface area contributed by atoms with E-state index in [9.17, 15) is 14.4 Å². The van der Waals surface area contributed by atoms with Gasteiger partial charge in [-0.3, -0.25) is 9.59 Å². The van der Waals surface area contributed by atoms with Crippen molar-refractivity contribution in [2.75, 3.05) is 32.7 Å². The molecule has 1 N–H and O–H groups in total. The maximum absolute atomic E-state index is 12.9. The number of nitrogens with zero attached hydrogens (tertiary/aromatic N) is 1. The van der Waals surface area contributed by atoms with E-state index >= 15 is 0 Å². The van der Waals surface area contributed by atoms with Gasteiger partial charge in [-0.15, -0.1) is 11.3 Å². The summed E-state index contributed by atoms with van der Waals surface area (Å²) in [6.07, 6.45) is 0.754. The smallest absolute Gasteiger partial charge is 0.340 e. The highest BCUT2D eigenvalue weighted by Crippen LogP contribution is 2.34. The Morgan fingerprint density at radius 2 is 1.74 bits per heavy atom. The summed E-state index contributed by atoms with van der Waals surface area (Å²) in [7, 11) is 2.89. The van der Waals surface area contributed by atoms with E-state index in [1.165, 1.54) is 43.3 Å². The van der Waals surface area contributed by atoms with Gasteiger partial charge in [-0.1, -0.05) is 30.3 Å². The van der Waals surface area contributed by atoms with E-state index in [1.807, 2.05) is 18.2 Å². The first-order valence-electron chi connectivity index (χ1n) is 10.6. The first-order chi connectivity index (χ1) is 16.5. The fourth-order valence-electron chi connectivity index (χ4n) is 3.75. The SMILES string of the molecule is COc1cc(NC(=O)c2cccs2)c(C(=O)OCC(=O)N2CCc3ccccc3C2)cc1OC. The number of hydrogen-bond acceptors (Lipinski definition) is 7. The number of amides is 2. The number of fused-ring (bicyclic) bond motifs is 1. The molecule has 0 saturated heterocycles. The summed E-state index contributed by atoms with van der Waals surface area (Å²) in [6, 6.07) is 14.3. The molecule has 2 amide bonds. The molecule has 1 aliphatic rings. The van der Waals surface area contributed by atoms with Gasteiger partial charge in [0.25, 0.3) is 11.8 Å². The molecule has 0 saturated carbocycles. The van der Waals surface area contributed by atoms with Gasteiger partial charge in [0, 0.05) is 25.2 Å². The van der Waals surface area contributed by atoms with Crippen molar-refractivity contribution in [2.45, 2.75) is 13.0 Å². The van der Waals surface area contributed by atoms with E-state index < -0.39 is 12.6 Å². The molecule has 0 spiro atoms. The van der Waals surface area contributed by atoms with Crippen LogP contribution in [0.1, 0.15) is 31.2 Å². The molecule has 0 radical (unpaired) electrons. The van der Waals surface area contributed by atoms with Crippen molar-refractivity contribution >= 4 is 34.8 Å². The van der Waals surface area contributed by atoms with Gasteiger partial charge in [0.15, 0.2) is 18.1 Å². The third kappa shape index (κ3) is 5.04. The van der Waals surface area contributed by atoms with Crippen molar-refractivity contribution in [1.29, 1.82) is 0 Å². The number of thiophene rings is 1. The van der Waals surface area contributed by atoms with Crippen LogP contribution in [0.2, 0.25) is 0 Å². The number of rotatable bonds is 7. The van der Waals surface area contributed by atoms with Gasteiger partial charge in [-0.25, -0.2) is 4.79 Å². The van der Waals surface area contributed by atoms with Crippen molar-refractivity contribution in [3.63, 3.8) is 0 Å². The normalized spacial score (nSPS) is 12.5. The third-order valence-corrected chi connectivity index (χ3v) is 6.42. The molecule has 1 aliphatic heterocycles. The number of ether oxygens (including phenoxy) is 3. The fourth-order valence-corrected chi connectivity index (χ4v) is 4.37. The topological polar surface area (TPSA) is 94.2 Å². The van der Waals surface area contributed by atoms with E-state index in [2.05, 4.69) is 11.4 Å². The van der Waals surface area contributed by atoms with Crippen LogP contribution < -0.4 is 14.8 Å². The molecule has 0 atom stereocenters. The van der Waals surface area contributed by atoms with Gasteiger partial charge in [-0.2, -0.15) is 0 Å². The van der Waals surface area contributed by atoms with Crippen LogP contribution in [0, 0.1) is 0 Å². The number of carbonyl (C=O) groups is 3. The van der Waals surface area contributed by atoms with Crippen molar-refractivity contribution in [1.82, 2.24) is 4.90 Å². The predicted molar refractivity (Wildman–Crippen MR) is 128 cm³/mol. The van der Waals surface area contributed by atoms with Crippen LogP contribution in [-0.2, 0) is 22.5 Å². The third-order valence-electron chi connectivity index (χ3n) is 5.55. The highest BCUT2D eigenvalue weighted by molar-refractivity contribution is 7.12. The molecule has 2 heterocycles. The number of methoxy groups -OCH3 is 2. The van der Waals surface area contributed by atoms with E-state index in [0.717, 1.165) is 12.0 Å². The molecule has 176 valence electrons. The van der Waals surface area contributed by atoms with Crippen LogP contribution in [0.3, 0.4) is 0 Å². The Labute approximate surface area is 201 Å². The average Bonchev–Trinajstić information content (AvgIpc) is 3.41. The van der Waals surface area contributed by atoms with Gasteiger partial charge in [-0.05, 0) is 29.0 Å². The quantitative estimate of drug-likeness (QED) is 0.518. The standard InChI is InChI=1S/C25H24N2O6S/c1-31-20-12-18(19(13-21(20)32-2)26-24(29)22-8-5-11-34-22)25(30)33-15-23(28)27-10-9-16-6-3-4-7-17(16)14-27/h3-8,11-13H,9-10,14-15H2,1-2H3,(H,26,29). The Hall–Kier alpha value is -3.85. The first kappa shape index (κ1) is 23.3. The second-order valence-corrected chi connectivity index (χ2v) is 8.54. The molecule has 8 nitrogen and oxygen atoms in total. The van der Waals surface area contributed by atoms with Crippen LogP contribution in [0.4, 0.5) is 5.69 Å². The molecule has 2 aromatic carbocycles. The summed E-state index contributed by atoms with van der Waals surface area (Å²) >= 11 is 1.27. The molecule has 3 aromatic rings. The summed E-state index contributed by atoms with van der Waals surface area (Å²) in [5.74, 6) is -0.786. The van der Waals surface area contributed by atoms with Gasteiger partial charge < -0.3 is 24.4 Å². The summed E-state index contributed by atoms with van der Waals surface area (Å²) in [6.45, 7) is 0.630.